The van der Waals surface area contributed by atoms with E-state index in [0.29, 0.717) is 5.11 Å². The molecule has 1 fully saturated rings. The molecule has 0 spiro atoms. The fraction of sp³-hybridized carbons (Fsp3) is 0.250. The third-order valence-corrected chi connectivity index (χ3v) is 6.59. The molecule has 1 N–H and O–H groups in total. The lowest BCUT2D eigenvalue weighted by atomic mass is 9.96. The third-order valence-electron chi connectivity index (χ3n) is 6.28. The van der Waals surface area contributed by atoms with Gasteiger partial charge in [-0.1, -0.05) is 6.07 Å². The zero-order valence-corrected chi connectivity index (χ0v) is 21.2. The van der Waals surface area contributed by atoms with Gasteiger partial charge in [0.1, 0.15) is 5.75 Å². The van der Waals surface area contributed by atoms with E-state index in [4.69, 9.17) is 17.0 Å². The van der Waals surface area contributed by atoms with Crippen LogP contribution in [0.5, 0.6) is 5.75 Å². The zero-order valence-electron chi connectivity index (χ0n) is 20.3. The molecule has 1 aliphatic rings. The SMILES string of the molecule is Cc1cc([C@H]2[C@H](c3ccccn3)NC(=S)N2c2ccc(OC(C)C)cc2)c(C)n1-c1cccnc1. The van der Waals surface area contributed by atoms with Gasteiger partial charge in [-0.3, -0.25) is 9.97 Å². The quantitative estimate of drug-likeness (QED) is 0.347. The number of pyridine rings is 2. The molecular weight excluding hydrogens is 454 g/mol. The summed E-state index contributed by atoms with van der Waals surface area (Å²) >= 11 is 5.89. The van der Waals surface area contributed by atoms with Crippen molar-refractivity contribution in [2.75, 3.05) is 4.90 Å². The Labute approximate surface area is 211 Å². The number of hydrogen-bond donors (Lipinski definition) is 1. The largest absolute Gasteiger partial charge is 0.491 e. The highest BCUT2D eigenvalue weighted by atomic mass is 32.1. The molecule has 4 heterocycles. The van der Waals surface area contributed by atoms with Gasteiger partial charge in [-0.2, -0.15) is 0 Å². The van der Waals surface area contributed by atoms with Crippen LogP contribution in [0.15, 0.2) is 79.3 Å². The number of hydrogen-bond acceptors (Lipinski definition) is 4. The van der Waals surface area contributed by atoms with E-state index in [1.807, 2.05) is 56.6 Å². The van der Waals surface area contributed by atoms with Crippen molar-refractivity contribution in [3.63, 3.8) is 0 Å². The van der Waals surface area contributed by atoms with Gasteiger partial charge in [0.25, 0.3) is 0 Å². The molecule has 7 heteroatoms. The van der Waals surface area contributed by atoms with Crippen LogP contribution in [-0.2, 0) is 0 Å². The number of rotatable bonds is 6. The molecule has 0 radical (unpaired) electrons. The maximum absolute atomic E-state index is 5.89. The van der Waals surface area contributed by atoms with Crippen molar-refractivity contribution >= 4 is 23.0 Å². The minimum absolute atomic E-state index is 0.0779. The monoisotopic (exact) mass is 483 g/mol. The van der Waals surface area contributed by atoms with E-state index >= 15 is 0 Å². The maximum Gasteiger partial charge on any atom is 0.174 e. The van der Waals surface area contributed by atoms with E-state index in [9.17, 15) is 0 Å². The molecule has 2 atom stereocenters. The Morgan fingerprint density at radius 2 is 1.77 bits per heavy atom. The summed E-state index contributed by atoms with van der Waals surface area (Å²) in [5, 5.41) is 4.23. The first-order valence-electron chi connectivity index (χ1n) is 11.8. The highest BCUT2D eigenvalue weighted by Crippen LogP contribution is 2.44. The van der Waals surface area contributed by atoms with Gasteiger partial charge in [-0.15, -0.1) is 0 Å². The summed E-state index contributed by atoms with van der Waals surface area (Å²) in [6.45, 7) is 8.34. The van der Waals surface area contributed by atoms with Gasteiger partial charge in [0.15, 0.2) is 5.11 Å². The van der Waals surface area contributed by atoms with Gasteiger partial charge in [0, 0.05) is 29.5 Å². The van der Waals surface area contributed by atoms with Crippen molar-refractivity contribution < 1.29 is 4.74 Å². The Morgan fingerprint density at radius 1 is 0.971 bits per heavy atom. The summed E-state index contributed by atoms with van der Waals surface area (Å²) in [6.07, 6.45) is 5.64. The molecule has 0 unspecified atom stereocenters. The number of anilines is 1. The average molecular weight is 484 g/mol. The summed E-state index contributed by atoms with van der Waals surface area (Å²) < 4.78 is 8.11. The molecule has 6 nitrogen and oxygen atoms in total. The third kappa shape index (κ3) is 4.39. The van der Waals surface area contributed by atoms with Crippen molar-refractivity contribution in [1.82, 2.24) is 19.9 Å². The molecule has 35 heavy (non-hydrogen) atoms. The molecule has 1 saturated heterocycles. The first-order chi connectivity index (χ1) is 16.9. The predicted molar refractivity (Wildman–Crippen MR) is 143 cm³/mol. The predicted octanol–water partition coefficient (Wildman–Crippen LogP) is 5.85. The molecule has 0 aliphatic carbocycles. The maximum atomic E-state index is 5.89. The second-order valence-electron chi connectivity index (χ2n) is 9.03. The Kier molecular flexibility index (Phi) is 6.26. The Bertz CT molecular complexity index is 1320. The lowest BCUT2D eigenvalue weighted by molar-refractivity contribution is 0.242. The van der Waals surface area contributed by atoms with Crippen LogP contribution < -0.4 is 15.0 Å². The lowest BCUT2D eigenvalue weighted by Gasteiger charge is -2.28. The fourth-order valence-corrected chi connectivity index (χ4v) is 5.22. The van der Waals surface area contributed by atoms with Crippen LogP contribution in [-0.4, -0.2) is 25.8 Å². The fourth-order valence-electron chi connectivity index (χ4n) is 4.88. The van der Waals surface area contributed by atoms with Crippen LogP contribution in [0.25, 0.3) is 5.69 Å². The first kappa shape index (κ1) is 23.1. The Morgan fingerprint density at radius 3 is 2.43 bits per heavy atom. The van der Waals surface area contributed by atoms with Gasteiger partial charge in [0.2, 0.25) is 0 Å². The molecule has 1 aromatic carbocycles. The number of aromatic nitrogens is 3. The second-order valence-corrected chi connectivity index (χ2v) is 9.42. The van der Waals surface area contributed by atoms with E-state index in [1.54, 1.807) is 6.20 Å². The summed E-state index contributed by atoms with van der Waals surface area (Å²) in [4.78, 5) is 11.2. The zero-order chi connectivity index (χ0) is 24.5. The first-order valence-corrected chi connectivity index (χ1v) is 12.2. The van der Waals surface area contributed by atoms with E-state index in [-0.39, 0.29) is 18.2 Å². The van der Waals surface area contributed by atoms with Crippen molar-refractivity contribution in [2.24, 2.45) is 0 Å². The normalized spacial score (nSPS) is 17.6. The summed E-state index contributed by atoms with van der Waals surface area (Å²) in [6, 6.07) is 20.3. The average Bonchev–Trinajstić information content (AvgIpc) is 3.35. The molecule has 0 bridgehead atoms. The van der Waals surface area contributed by atoms with Gasteiger partial charge in [-0.05, 0) is 100 Å². The summed E-state index contributed by atoms with van der Waals surface area (Å²) in [7, 11) is 0. The van der Waals surface area contributed by atoms with Gasteiger partial charge in [-0.25, -0.2) is 0 Å². The number of thiocarbonyl (C=S) groups is 1. The van der Waals surface area contributed by atoms with Crippen LogP contribution in [0.4, 0.5) is 5.69 Å². The van der Waals surface area contributed by atoms with Crippen molar-refractivity contribution in [3.8, 4) is 11.4 Å². The molecule has 3 aromatic heterocycles. The summed E-state index contributed by atoms with van der Waals surface area (Å²) in [5.74, 6) is 0.842. The molecule has 1 aliphatic heterocycles. The molecule has 5 rings (SSSR count). The standard InChI is InChI=1S/C28H29N5OS/c1-18(2)34-23-12-10-21(11-13-23)33-27(26(31-28(33)35)25-9-5-6-15-30-25)24-16-19(3)32(20(24)4)22-8-7-14-29-17-22/h5-18,26-27H,1-4H3,(H,31,35)/t26-,27-/m0/s1. The van der Waals surface area contributed by atoms with Crippen LogP contribution in [0.2, 0.25) is 0 Å². The van der Waals surface area contributed by atoms with Crippen molar-refractivity contribution in [1.29, 1.82) is 0 Å². The topological polar surface area (TPSA) is 55.2 Å². The molecular formula is C28H29N5OS. The smallest absolute Gasteiger partial charge is 0.174 e. The number of benzene rings is 1. The highest BCUT2D eigenvalue weighted by molar-refractivity contribution is 7.80. The lowest BCUT2D eigenvalue weighted by Crippen LogP contribution is -2.29. The Balaban J connectivity index is 1.62. The molecule has 0 saturated carbocycles. The number of ether oxygens (including phenoxy) is 1. The van der Waals surface area contributed by atoms with Gasteiger partial charge < -0.3 is 19.5 Å². The summed E-state index contributed by atoms with van der Waals surface area (Å²) in [5.41, 5.74) is 6.48. The molecule has 178 valence electrons. The van der Waals surface area contributed by atoms with Crippen LogP contribution in [0, 0.1) is 13.8 Å². The minimum Gasteiger partial charge on any atom is -0.491 e. The second kappa shape index (κ2) is 9.50. The molecule has 4 aromatic rings. The highest BCUT2D eigenvalue weighted by Gasteiger charge is 2.42. The van der Waals surface area contributed by atoms with E-state index in [2.05, 4.69) is 68.9 Å². The van der Waals surface area contributed by atoms with Gasteiger partial charge in [0.05, 0.1) is 35.8 Å². The van der Waals surface area contributed by atoms with Crippen LogP contribution >= 0.6 is 12.2 Å². The van der Waals surface area contributed by atoms with E-state index < -0.39 is 0 Å². The van der Waals surface area contributed by atoms with Crippen molar-refractivity contribution in [3.05, 3.63) is 102 Å². The number of aryl methyl sites for hydroxylation is 1. The number of nitrogens with one attached hydrogen (secondary N) is 1. The minimum atomic E-state index is -0.0989. The molecule has 0 amide bonds. The number of nitrogens with zero attached hydrogens (tertiary/aromatic N) is 4. The van der Waals surface area contributed by atoms with Crippen molar-refractivity contribution in [2.45, 2.75) is 45.9 Å². The van der Waals surface area contributed by atoms with Crippen LogP contribution in [0.1, 0.15) is 48.6 Å². The van der Waals surface area contributed by atoms with Gasteiger partial charge >= 0.3 is 0 Å². The van der Waals surface area contributed by atoms with E-state index in [0.717, 1.165) is 34.2 Å². The van der Waals surface area contributed by atoms with Crippen LogP contribution in [0.3, 0.4) is 0 Å². The van der Waals surface area contributed by atoms with E-state index in [1.165, 1.54) is 5.56 Å². The Hall–Kier alpha value is -3.71.